The molecule has 0 saturated carbocycles. The number of nitrogens with one attached hydrogen (secondary N) is 1. The van der Waals surface area contributed by atoms with Crippen LogP contribution in [0, 0.1) is 6.92 Å². The average molecular weight is 371 g/mol. The van der Waals surface area contributed by atoms with Crippen LogP contribution >= 0.6 is 0 Å². The molecule has 1 saturated heterocycles. The second kappa shape index (κ2) is 8.61. The van der Waals surface area contributed by atoms with E-state index in [9.17, 15) is 4.79 Å². The first-order valence-electron chi connectivity index (χ1n) is 9.80. The Morgan fingerprint density at radius 1 is 1.15 bits per heavy atom. The third-order valence-electron chi connectivity index (χ3n) is 5.04. The Labute approximate surface area is 161 Å². The van der Waals surface area contributed by atoms with Crippen LogP contribution in [-0.2, 0) is 4.79 Å². The van der Waals surface area contributed by atoms with E-state index in [1.807, 2.05) is 37.3 Å². The maximum atomic E-state index is 13.3. The molecule has 2 aromatic rings. The van der Waals surface area contributed by atoms with E-state index in [1.165, 1.54) is 25.7 Å². The number of rotatable bonds is 6. The van der Waals surface area contributed by atoms with Gasteiger partial charge in [0.2, 0.25) is 5.91 Å². The summed E-state index contributed by atoms with van der Waals surface area (Å²) in [4.78, 5) is 15.7. The van der Waals surface area contributed by atoms with E-state index < -0.39 is 6.04 Å². The third-order valence-corrected chi connectivity index (χ3v) is 5.04. The molecule has 7 heteroatoms. The fraction of sp³-hybridized carbons (Fsp3) is 0.600. The fourth-order valence-corrected chi connectivity index (χ4v) is 3.81. The summed E-state index contributed by atoms with van der Waals surface area (Å²) in [5.41, 5.74) is 0.534. The zero-order chi connectivity index (χ0) is 19.3. The average Bonchev–Trinajstić information content (AvgIpc) is 2.88. The molecule has 1 amide bonds. The minimum absolute atomic E-state index is 0.0866. The molecular weight excluding hydrogens is 340 g/mol. The highest BCUT2D eigenvalue weighted by atomic mass is 16.2. The van der Waals surface area contributed by atoms with E-state index >= 15 is 0 Å². The number of nitrogens with zero attached hydrogens (tertiary/aromatic N) is 5. The lowest BCUT2D eigenvalue weighted by atomic mass is 10.0. The number of hydrogen-bond acceptors (Lipinski definition) is 5. The summed E-state index contributed by atoms with van der Waals surface area (Å²) < 4.78 is 1.59. The van der Waals surface area contributed by atoms with Gasteiger partial charge in [-0.3, -0.25) is 4.79 Å². The summed E-state index contributed by atoms with van der Waals surface area (Å²) in [5.74, 6) is 0.528. The van der Waals surface area contributed by atoms with Gasteiger partial charge in [0, 0.05) is 12.1 Å². The summed E-state index contributed by atoms with van der Waals surface area (Å²) in [6.45, 7) is 9.04. The van der Waals surface area contributed by atoms with Gasteiger partial charge in [-0.15, -0.1) is 5.10 Å². The van der Waals surface area contributed by atoms with Gasteiger partial charge in [0.05, 0.1) is 0 Å². The van der Waals surface area contributed by atoms with Crippen LogP contribution in [0.4, 0.5) is 0 Å². The van der Waals surface area contributed by atoms with Crippen LogP contribution in [-0.4, -0.2) is 56.2 Å². The number of aromatic nitrogens is 4. The van der Waals surface area contributed by atoms with Crippen LogP contribution < -0.4 is 5.32 Å². The Kier molecular flexibility index (Phi) is 6.21. The van der Waals surface area contributed by atoms with Crippen molar-refractivity contribution < 1.29 is 4.79 Å². The number of amides is 1. The van der Waals surface area contributed by atoms with E-state index in [4.69, 9.17) is 0 Å². The molecule has 1 unspecified atom stereocenters. The first-order valence-corrected chi connectivity index (χ1v) is 9.80. The maximum absolute atomic E-state index is 13.3. The van der Waals surface area contributed by atoms with Gasteiger partial charge in [0.15, 0.2) is 6.04 Å². The van der Waals surface area contributed by atoms with Crippen LogP contribution in [0.5, 0.6) is 0 Å². The quantitative estimate of drug-likeness (QED) is 0.845. The fourth-order valence-electron chi connectivity index (χ4n) is 3.81. The first-order chi connectivity index (χ1) is 13.0. The van der Waals surface area contributed by atoms with Crippen LogP contribution in [0.3, 0.4) is 0 Å². The third kappa shape index (κ3) is 5.13. The van der Waals surface area contributed by atoms with Crippen molar-refractivity contribution in [1.82, 2.24) is 30.4 Å². The zero-order valence-electron chi connectivity index (χ0n) is 16.6. The van der Waals surface area contributed by atoms with Crippen molar-refractivity contribution in [2.45, 2.75) is 58.0 Å². The van der Waals surface area contributed by atoms with Crippen molar-refractivity contribution >= 4 is 5.91 Å². The molecule has 3 rings (SSSR count). The second-order valence-corrected chi connectivity index (χ2v) is 8.05. The Morgan fingerprint density at radius 2 is 1.81 bits per heavy atom. The Balaban J connectivity index is 1.76. The summed E-state index contributed by atoms with van der Waals surface area (Å²) in [6.07, 6.45) is 5.08. The van der Waals surface area contributed by atoms with Crippen LogP contribution in [0.1, 0.15) is 57.0 Å². The predicted octanol–water partition coefficient (Wildman–Crippen LogP) is 2.34. The molecule has 7 nitrogen and oxygen atoms in total. The highest BCUT2D eigenvalue weighted by Gasteiger charge is 2.31. The van der Waals surface area contributed by atoms with Crippen LogP contribution in [0.15, 0.2) is 30.3 Å². The lowest BCUT2D eigenvalue weighted by Gasteiger charge is -2.34. The van der Waals surface area contributed by atoms with Gasteiger partial charge in [-0.1, -0.05) is 43.2 Å². The number of tetrazole rings is 1. The number of carbonyl (C=O) groups is 1. The highest BCUT2D eigenvalue weighted by molar-refractivity contribution is 5.84. The molecule has 1 aliphatic heterocycles. The van der Waals surface area contributed by atoms with Crippen molar-refractivity contribution in [3.63, 3.8) is 0 Å². The zero-order valence-corrected chi connectivity index (χ0v) is 16.6. The second-order valence-electron chi connectivity index (χ2n) is 8.05. The topological polar surface area (TPSA) is 75.9 Å². The molecule has 1 N–H and O–H groups in total. The van der Waals surface area contributed by atoms with Crippen molar-refractivity contribution in [2.75, 3.05) is 19.6 Å². The molecule has 0 bridgehead atoms. The normalized spacial score (nSPS) is 17.3. The number of benzene rings is 1. The molecule has 0 aliphatic carbocycles. The van der Waals surface area contributed by atoms with Crippen molar-refractivity contribution in [3.05, 3.63) is 41.7 Å². The molecule has 1 fully saturated rings. The van der Waals surface area contributed by atoms with Gasteiger partial charge in [0.1, 0.15) is 5.82 Å². The highest BCUT2D eigenvalue weighted by Crippen LogP contribution is 2.20. The van der Waals surface area contributed by atoms with Crippen LogP contribution in [0.2, 0.25) is 0 Å². The molecule has 146 valence electrons. The Bertz CT molecular complexity index is 734. The van der Waals surface area contributed by atoms with Gasteiger partial charge < -0.3 is 10.2 Å². The monoisotopic (exact) mass is 370 g/mol. The van der Waals surface area contributed by atoms with E-state index in [0.717, 1.165) is 25.2 Å². The van der Waals surface area contributed by atoms with Gasteiger partial charge in [-0.2, -0.15) is 0 Å². The number of likely N-dealkylation sites (tertiary alicyclic amines) is 1. The molecule has 2 heterocycles. The summed E-state index contributed by atoms with van der Waals surface area (Å²) in [5, 5.41) is 15.0. The molecule has 27 heavy (non-hydrogen) atoms. The molecule has 1 atom stereocenters. The lowest BCUT2D eigenvalue weighted by molar-refractivity contribution is -0.125. The lowest BCUT2D eigenvalue weighted by Crippen LogP contribution is -2.53. The first kappa shape index (κ1) is 19.5. The molecule has 1 aromatic heterocycles. The van der Waals surface area contributed by atoms with Gasteiger partial charge >= 0.3 is 0 Å². The molecular formula is C20H30N6O. The van der Waals surface area contributed by atoms with Gasteiger partial charge in [-0.25, -0.2) is 4.68 Å². The number of aryl methyl sites for hydroxylation is 1. The Morgan fingerprint density at radius 3 is 2.41 bits per heavy atom. The van der Waals surface area contributed by atoms with Gasteiger partial charge in [-0.05, 0) is 62.7 Å². The number of carbonyl (C=O) groups excluding carboxylic acids is 1. The summed E-state index contributed by atoms with van der Waals surface area (Å²) in [7, 11) is 0. The smallest absolute Gasteiger partial charge is 0.250 e. The largest absolute Gasteiger partial charge is 0.348 e. The summed E-state index contributed by atoms with van der Waals surface area (Å²) >= 11 is 0. The van der Waals surface area contributed by atoms with Crippen molar-refractivity contribution in [3.8, 4) is 0 Å². The standard InChI is InChI=1S/C20H30N6O/c1-16-22-23-24-26(16)18(17-11-7-6-8-12-17)19(27)21-20(2,3)15-25-13-9-4-5-10-14-25/h6-8,11-12,18H,4-5,9-10,13-15H2,1-3H3,(H,21,27). The number of hydrogen-bond donors (Lipinski definition) is 1. The summed E-state index contributed by atoms with van der Waals surface area (Å²) in [6, 6.07) is 9.09. The van der Waals surface area contributed by atoms with E-state index in [-0.39, 0.29) is 11.4 Å². The molecule has 0 radical (unpaired) electrons. The minimum atomic E-state index is -0.579. The van der Waals surface area contributed by atoms with Crippen molar-refractivity contribution in [2.24, 2.45) is 0 Å². The van der Waals surface area contributed by atoms with E-state index in [0.29, 0.717) is 5.82 Å². The predicted molar refractivity (Wildman–Crippen MR) is 104 cm³/mol. The van der Waals surface area contributed by atoms with Gasteiger partial charge in [0.25, 0.3) is 0 Å². The minimum Gasteiger partial charge on any atom is -0.348 e. The molecule has 1 aliphatic rings. The maximum Gasteiger partial charge on any atom is 0.250 e. The SMILES string of the molecule is Cc1nnnn1C(C(=O)NC(C)(C)CN1CCCCCC1)c1ccccc1. The molecule has 0 spiro atoms. The van der Waals surface area contributed by atoms with E-state index in [2.05, 4.69) is 39.6 Å². The van der Waals surface area contributed by atoms with Crippen molar-refractivity contribution in [1.29, 1.82) is 0 Å². The molecule has 1 aromatic carbocycles. The Hall–Kier alpha value is -2.28. The van der Waals surface area contributed by atoms with Crippen LogP contribution in [0.25, 0.3) is 0 Å². The van der Waals surface area contributed by atoms with E-state index in [1.54, 1.807) is 4.68 Å².